The highest BCUT2D eigenvalue weighted by Crippen LogP contribution is 2.36. The summed E-state index contributed by atoms with van der Waals surface area (Å²) in [7, 11) is 0. The monoisotopic (exact) mass is 326 g/mol. The molecule has 0 saturated carbocycles. The molecule has 0 spiro atoms. The van der Waals surface area contributed by atoms with E-state index in [9.17, 15) is 9.90 Å². The number of ketones is 1. The molecule has 0 aromatic heterocycles. The molecule has 1 aliphatic heterocycles. The third-order valence-electron chi connectivity index (χ3n) is 4.81. The van der Waals surface area contributed by atoms with Crippen LogP contribution in [0.2, 0.25) is 0 Å². The standard InChI is InChI=1S/C20H26N2O2/c1-20(2)12-18(23)15(19(24)13-20)14-21-16-8-4-5-9-17(16)22-10-6-3-7-11-22/h4-5,8-9,14,23H,3,6-7,10-13H2,1-2H3. The second kappa shape index (κ2) is 6.80. The lowest BCUT2D eigenvalue weighted by Gasteiger charge is -2.30. The van der Waals surface area contributed by atoms with Gasteiger partial charge in [-0.2, -0.15) is 0 Å². The van der Waals surface area contributed by atoms with Crippen molar-refractivity contribution in [3.8, 4) is 0 Å². The molecule has 0 amide bonds. The Morgan fingerprint density at radius 1 is 1.12 bits per heavy atom. The Balaban J connectivity index is 1.86. The predicted octanol–water partition coefficient (Wildman–Crippen LogP) is 4.58. The van der Waals surface area contributed by atoms with E-state index in [4.69, 9.17) is 0 Å². The SMILES string of the molecule is CC1(C)CC(=O)C(C=Nc2ccccc2N2CCCCC2)=C(O)C1. The first-order valence-electron chi connectivity index (χ1n) is 8.80. The maximum absolute atomic E-state index is 12.3. The number of anilines is 1. The van der Waals surface area contributed by atoms with E-state index in [0.717, 1.165) is 24.5 Å². The van der Waals surface area contributed by atoms with E-state index in [1.54, 1.807) is 6.21 Å². The molecule has 4 nitrogen and oxygen atoms in total. The van der Waals surface area contributed by atoms with Gasteiger partial charge in [-0.05, 0) is 36.8 Å². The zero-order valence-electron chi connectivity index (χ0n) is 14.6. The molecule has 0 unspecified atom stereocenters. The van der Waals surface area contributed by atoms with Crippen LogP contribution in [-0.2, 0) is 4.79 Å². The van der Waals surface area contributed by atoms with Crippen molar-refractivity contribution in [1.29, 1.82) is 0 Å². The molecule has 3 rings (SSSR count). The fraction of sp³-hybridized carbons (Fsp3) is 0.500. The highest BCUT2D eigenvalue weighted by molar-refractivity contribution is 6.15. The van der Waals surface area contributed by atoms with Crippen molar-refractivity contribution >= 4 is 23.4 Å². The van der Waals surface area contributed by atoms with Crippen LogP contribution in [0.3, 0.4) is 0 Å². The van der Waals surface area contributed by atoms with Gasteiger partial charge >= 0.3 is 0 Å². The van der Waals surface area contributed by atoms with Crippen LogP contribution in [0, 0.1) is 5.41 Å². The lowest BCUT2D eigenvalue weighted by Crippen LogP contribution is -2.29. The lowest BCUT2D eigenvalue weighted by molar-refractivity contribution is -0.117. The zero-order chi connectivity index (χ0) is 17.2. The summed E-state index contributed by atoms with van der Waals surface area (Å²) >= 11 is 0. The molecule has 1 aliphatic carbocycles. The molecule has 0 bridgehead atoms. The average Bonchev–Trinajstić information content (AvgIpc) is 2.54. The summed E-state index contributed by atoms with van der Waals surface area (Å²) < 4.78 is 0. The summed E-state index contributed by atoms with van der Waals surface area (Å²) in [5.41, 5.74) is 2.15. The van der Waals surface area contributed by atoms with E-state index in [1.165, 1.54) is 19.3 Å². The van der Waals surface area contributed by atoms with Crippen molar-refractivity contribution in [2.75, 3.05) is 18.0 Å². The molecular formula is C20H26N2O2. The Hall–Kier alpha value is -2.10. The van der Waals surface area contributed by atoms with Gasteiger partial charge in [0, 0.05) is 32.1 Å². The van der Waals surface area contributed by atoms with Crippen LogP contribution in [0.1, 0.15) is 46.0 Å². The van der Waals surface area contributed by atoms with Gasteiger partial charge in [0.05, 0.1) is 16.9 Å². The molecule has 0 atom stereocenters. The minimum Gasteiger partial charge on any atom is -0.511 e. The van der Waals surface area contributed by atoms with Crippen molar-refractivity contribution in [2.45, 2.75) is 46.0 Å². The molecular weight excluding hydrogens is 300 g/mol. The van der Waals surface area contributed by atoms with Gasteiger partial charge in [0.25, 0.3) is 0 Å². The number of hydrogen-bond donors (Lipinski definition) is 1. The Bertz CT molecular complexity index is 683. The third kappa shape index (κ3) is 3.69. The number of benzene rings is 1. The number of nitrogens with zero attached hydrogens (tertiary/aromatic N) is 2. The summed E-state index contributed by atoms with van der Waals surface area (Å²) in [5, 5.41) is 10.2. The number of rotatable bonds is 3. The van der Waals surface area contributed by atoms with Gasteiger partial charge in [-0.3, -0.25) is 9.79 Å². The van der Waals surface area contributed by atoms with Crippen LogP contribution >= 0.6 is 0 Å². The second-order valence-electron chi connectivity index (χ2n) is 7.60. The van der Waals surface area contributed by atoms with Gasteiger partial charge in [0.1, 0.15) is 5.76 Å². The number of aliphatic hydroxyl groups excluding tert-OH is 1. The minimum absolute atomic E-state index is 0.0250. The first-order valence-corrected chi connectivity index (χ1v) is 8.80. The van der Waals surface area contributed by atoms with Gasteiger partial charge in [0.15, 0.2) is 5.78 Å². The van der Waals surface area contributed by atoms with E-state index in [0.29, 0.717) is 18.4 Å². The van der Waals surface area contributed by atoms with Gasteiger partial charge < -0.3 is 10.0 Å². The van der Waals surface area contributed by atoms with Crippen molar-refractivity contribution in [1.82, 2.24) is 0 Å². The molecule has 2 aliphatic rings. The van der Waals surface area contributed by atoms with E-state index < -0.39 is 0 Å². The maximum Gasteiger partial charge on any atom is 0.168 e. The Morgan fingerprint density at radius 2 is 1.83 bits per heavy atom. The molecule has 128 valence electrons. The van der Waals surface area contributed by atoms with Crippen molar-refractivity contribution < 1.29 is 9.90 Å². The smallest absolute Gasteiger partial charge is 0.168 e. The van der Waals surface area contributed by atoms with Crippen LogP contribution in [0.15, 0.2) is 40.6 Å². The first-order chi connectivity index (χ1) is 11.5. The number of aliphatic hydroxyl groups is 1. The normalized spacial score (nSPS) is 21.6. The Morgan fingerprint density at radius 3 is 2.54 bits per heavy atom. The van der Waals surface area contributed by atoms with Crippen molar-refractivity contribution in [3.05, 3.63) is 35.6 Å². The molecule has 1 heterocycles. The summed E-state index contributed by atoms with van der Waals surface area (Å²) in [6.07, 6.45) is 6.22. The van der Waals surface area contributed by atoms with E-state index >= 15 is 0 Å². The van der Waals surface area contributed by atoms with Gasteiger partial charge in [-0.1, -0.05) is 26.0 Å². The number of para-hydroxylation sites is 2. The van der Waals surface area contributed by atoms with E-state index in [1.807, 2.05) is 32.0 Å². The molecule has 1 aromatic carbocycles. The van der Waals surface area contributed by atoms with Gasteiger partial charge in [-0.15, -0.1) is 0 Å². The van der Waals surface area contributed by atoms with Gasteiger partial charge in [0.2, 0.25) is 0 Å². The highest BCUT2D eigenvalue weighted by Gasteiger charge is 2.32. The van der Waals surface area contributed by atoms with Crippen LogP contribution in [0.25, 0.3) is 0 Å². The van der Waals surface area contributed by atoms with E-state index in [-0.39, 0.29) is 17.0 Å². The quantitative estimate of drug-likeness (QED) is 0.827. The predicted molar refractivity (Wildman–Crippen MR) is 98.3 cm³/mol. The number of carbonyl (C=O) groups excluding carboxylic acids is 1. The van der Waals surface area contributed by atoms with Crippen molar-refractivity contribution in [2.24, 2.45) is 10.4 Å². The molecule has 1 aromatic rings. The first kappa shape index (κ1) is 16.7. The number of aliphatic imine (C=N–C) groups is 1. The number of piperidine rings is 1. The number of hydrogen-bond acceptors (Lipinski definition) is 4. The third-order valence-corrected chi connectivity index (χ3v) is 4.81. The van der Waals surface area contributed by atoms with Gasteiger partial charge in [-0.25, -0.2) is 0 Å². The molecule has 4 heteroatoms. The molecule has 0 radical (unpaired) electrons. The van der Waals surface area contributed by atoms with Crippen LogP contribution in [-0.4, -0.2) is 30.2 Å². The molecule has 1 saturated heterocycles. The molecule has 24 heavy (non-hydrogen) atoms. The van der Waals surface area contributed by atoms with Crippen LogP contribution in [0.5, 0.6) is 0 Å². The number of allylic oxidation sites excluding steroid dienone is 2. The number of carbonyl (C=O) groups is 1. The summed E-state index contributed by atoms with van der Waals surface area (Å²) in [6.45, 7) is 6.10. The highest BCUT2D eigenvalue weighted by atomic mass is 16.3. The summed E-state index contributed by atoms with van der Waals surface area (Å²) in [6, 6.07) is 8.03. The fourth-order valence-electron chi connectivity index (χ4n) is 3.56. The zero-order valence-corrected chi connectivity index (χ0v) is 14.6. The lowest BCUT2D eigenvalue weighted by atomic mass is 9.77. The number of Topliss-reactive ketones (excluding diaryl/α,β-unsaturated/α-hetero) is 1. The molecule has 1 fully saturated rings. The maximum atomic E-state index is 12.3. The Kier molecular flexibility index (Phi) is 4.74. The second-order valence-corrected chi connectivity index (χ2v) is 7.60. The minimum atomic E-state index is -0.176. The van der Waals surface area contributed by atoms with E-state index in [2.05, 4.69) is 16.0 Å². The van der Waals surface area contributed by atoms with Crippen LogP contribution < -0.4 is 4.90 Å². The summed E-state index contributed by atoms with van der Waals surface area (Å²) in [4.78, 5) is 19.2. The molecule has 1 N–H and O–H groups in total. The average molecular weight is 326 g/mol. The topological polar surface area (TPSA) is 52.9 Å². The fourth-order valence-corrected chi connectivity index (χ4v) is 3.56. The van der Waals surface area contributed by atoms with Crippen molar-refractivity contribution in [3.63, 3.8) is 0 Å². The Labute approximate surface area is 143 Å². The van der Waals surface area contributed by atoms with Crippen LogP contribution in [0.4, 0.5) is 11.4 Å². The largest absolute Gasteiger partial charge is 0.511 e. The summed E-state index contributed by atoms with van der Waals surface area (Å²) in [5.74, 6) is 0.137.